The van der Waals surface area contributed by atoms with Crippen molar-refractivity contribution in [2.75, 3.05) is 6.54 Å². The highest BCUT2D eigenvalue weighted by Crippen LogP contribution is 2.40. The molecular formula is C28H40N4O8. The summed E-state index contributed by atoms with van der Waals surface area (Å²) in [6, 6.07) is 4.58. The van der Waals surface area contributed by atoms with E-state index in [1.165, 1.54) is 4.90 Å². The fourth-order valence-corrected chi connectivity index (χ4v) is 5.76. The monoisotopic (exact) mass is 560 g/mol. The van der Waals surface area contributed by atoms with Gasteiger partial charge in [-0.15, -0.1) is 0 Å². The van der Waals surface area contributed by atoms with E-state index >= 15 is 0 Å². The molecule has 12 nitrogen and oxygen atoms in total. The van der Waals surface area contributed by atoms with Crippen molar-refractivity contribution in [2.24, 2.45) is 17.4 Å². The van der Waals surface area contributed by atoms with E-state index in [9.17, 15) is 34.2 Å². The van der Waals surface area contributed by atoms with E-state index in [1.807, 2.05) is 0 Å². The zero-order chi connectivity index (χ0) is 29.2. The lowest BCUT2D eigenvalue weighted by molar-refractivity contribution is -0.152. The van der Waals surface area contributed by atoms with Crippen molar-refractivity contribution in [3.05, 3.63) is 35.9 Å². The summed E-state index contributed by atoms with van der Waals surface area (Å²) in [5.74, 6) is -3.94. The zero-order valence-electron chi connectivity index (χ0n) is 22.7. The Morgan fingerprint density at radius 1 is 1.02 bits per heavy atom. The predicted octanol–water partition coefficient (Wildman–Crippen LogP) is 2.09. The van der Waals surface area contributed by atoms with Gasteiger partial charge >= 0.3 is 18.0 Å². The summed E-state index contributed by atoms with van der Waals surface area (Å²) >= 11 is 0. The molecule has 3 amide bonds. The van der Waals surface area contributed by atoms with Gasteiger partial charge in [0.05, 0.1) is 6.04 Å². The van der Waals surface area contributed by atoms with Crippen LogP contribution in [0.4, 0.5) is 4.79 Å². The molecule has 5 atom stereocenters. The minimum Gasteiger partial charge on any atom is -0.480 e. The van der Waals surface area contributed by atoms with Crippen LogP contribution < -0.4 is 11.5 Å². The number of hydrogen-bond donors (Lipinski definition) is 4. The van der Waals surface area contributed by atoms with E-state index in [4.69, 9.17) is 16.2 Å². The maximum Gasteiger partial charge on any atom is 0.417 e. The van der Waals surface area contributed by atoms with Crippen molar-refractivity contribution in [1.29, 1.82) is 0 Å². The number of carbonyl (C=O) groups excluding carboxylic acids is 3. The van der Waals surface area contributed by atoms with Gasteiger partial charge in [-0.1, -0.05) is 49.6 Å². The number of nitrogens with zero attached hydrogens (tertiary/aromatic N) is 2. The van der Waals surface area contributed by atoms with Crippen LogP contribution in [0.1, 0.15) is 69.8 Å². The fourth-order valence-electron chi connectivity index (χ4n) is 5.76. The zero-order valence-corrected chi connectivity index (χ0v) is 22.7. The van der Waals surface area contributed by atoms with E-state index in [0.717, 1.165) is 19.3 Å². The number of amides is 3. The lowest BCUT2D eigenvalue weighted by Gasteiger charge is -2.34. The van der Waals surface area contributed by atoms with Gasteiger partial charge in [0.1, 0.15) is 18.7 Å². The molecule has 0 aromatic heterocycles. The maximum atomic E-state index is 13.3. The quantitative estimate of drug-likeness (QED) is 0.259. The Balaban J connectivity index is 1.78. The van der Waals surface area contributed by atoms with Crippen molar-refractivity contribution in [2.45, 2.75) is 95.0 Å². The highest BCUT2D eigenvalue weighted by atomic mass is 16.6. The lowest BCUT2D eigenvalue weighted by atomic mass is 9.84. The van der Waals surface area contributed by atoms with Crippen LogP contribution in [0.3, 0.4) is 0 Å². The number of carbonyl (C=O) groups is 5. The topological polar surface area (TPSA) is 194 Å². The fraction of sp³-hybridized carbons (Fsp3) is 0.607. The average Bonchev–Trinajstić information content (AvgIpc) is 3.34. The van der Waals surface area contributed by atoms with Gasteiger partial charge in [-0.25, -0.2) is 19.3 Å². The Bertz CT molecular complexity index is 1050. The van der Waals surface area contributed by atoms with Crippen LogP contribution in [0.5, 0.6) is 0 Å². The number of aliphatic carboxylic acids is 2. The molecule has 1 aromatic carbocycles. The van der Waals surface area contributed by atoms with E-state index < -0.39 is 54.4 Å². The predicted molar refractivity (Wildman–Crippen MR) is 144 cm³/mol. The summed E-state index contributed by atoms with van der Waals surface area (Å²) in [7, 11) is 0. The van der Waals surface area contributed by atoms with Gasteiger partial charge in [0.2, 0.25) is 11.8 Å². The van der Waals surface area contributed by atoms with Gasteiger partial charge in [-0.05, 0) is 56.6 Å². The second-order valence-electron chi connectivity index (χ2n) is 10.5. The number of hydrogen-bond acceptors (Lipinski definition) is 8. The Hall–Kier alpha value is -3.51. The minimum absolute atomic E-state index is 0.0895. The first-order valence-electron chi connectivity index (χ1n) is 13.9. The number of benzene rings is 1. The third-order valence-electron chi connectivity index (χ3n) is 7.82. The number of carboxylic acids is 2. The molecule has 2 aliphatic rings. The van der Waals surface area contributed by atoms with Crippen LogP contribution in [0.2, 0.25) is 0 Å². The third-order valence-corrected chi connectivity index (χ3v) is 7.82. The second-order valence-corrected chi connectivity index (χ2v) is 10.5. The van der Waals surface area contributed by atoms with Crippen molar-refractivity contribution in [1.82, 2.24) is 9.80 Å². The molecule has 1 aliphatic carbocycles. The first kappa shape index (κ1) is 31.0. The van der Waals surface area contributed by atoms with Gasteiger partial charge in [0, 0.05) is 12.5 Å². The highest BCUT2D eigenvalue weighted by Gasteiger charge is 2.48. The first-order valence-corrected chi connectivity index (χ1v) is 13.9. The Labute approximate surface area is 233 Å². The molecule has 220 valence electrons. The summed E-state index contributed by atoms with van der Waals surface area (Å²) in [6.07, 6.45) is 3.09. The third kappa shape index (κ3) is 7.79. The minimum atomic E-state index is -1.73. The SMILES string of the molecule is NCCCC[C@H](N)C(=O)N(C(=O)OCc1ccccc1)[C@H](CCC(=O)N1C(C(=O)O)CC2CCCCC21)C(=O)O. The van der Waals surface area contributed by atoms with E-state index in [2.05, 4.69) is 0 Å². The standard InChI is InChI=1S/C28H40N4O8/c29-15-7-6-11-20(30)25(34)32(28(39)40-17-18-8-2-1-3-9-18)22(26(35)36)13-14-24(33)31-21-12-5-4-10-19(21)16-23(31)27(37)38/h1-3,8-9,19-23H,4-7,10-17,29-30H2,(H,35,36)(H,37,38)/t19?,20-,21?,22+,23?/m0/s1. The lowest BCUT2D eigenvalue weighted by Crippen LogP contribution is -2.55. The van der Waals surface area contributed by atoms with Gasteiger partial charge in [0.25, 0.3) is 0 Å². The smallest absolute Gasteiger partial charge is 0.417 e. The van der Waals surface area contributed by atoms with Crippen molar-refractivity contribution in [3.8, 4) is 0 Å². The molecule has 0 spiro atoms. The summed E-state index contributed by atoms with van der Waals surface area (Å²) in [6.45, 7) is 0.188. The molecule has 3 rings (SSSR count). The number of rotatable bonds is 13. The van der Waals surface area contributed by atoms with Crippen LogP contribution in [-0.2, 0) is 30.5 Å². The number of likely N-dealkylation sites (tertiary alicyclic amines) is 1. The molecule has 0 radical (unpaired) electrons. The van der Waals surface area contributed by atoms with Gasteiger partial charge in [0.15, 0.2) is 0 Å². The molecule has 1 aliphatic heterocycles. The number of ether oxygens (including phenoxy) is 1. The highest BCUT2D eigenvalue weighted by molar-refractivity contribution is 5.99. The van der Waals surface area contributed by atoms with Crippen LogP contribution in [-0.4, -0.2) is 80.6 Å². The van der Waals surface area contributed by atoms with E-state index in [0.29, 0.717) is 42.7 Å². The molecule has 1 aromatic rings. The van der Waals surface area contributed by atoms with E-state index in [1.54, 1.807) is 30.3 Å². The molecule has 1 heterocycles. The number of unbranched alkanes of at least 4 members (excludes halogenated alkanes) is 1. The molecule has 6 N–H and O–H groups in total. The largest absolute Gasteiger partial charge is 0.480 e. The van der Waals surface area contributed by atoms with Crippen molar-refractivity contribution < 1.29 is 38.9 Å². The van der Waals surface area contributed by atoms with E-state index in [-0.39, 0.29) is 31.4 Å². The summed E-state index contributed by atoms with van der Waals surface area (Å²) < 4.78 is 5.30. The Morgan fingerprint density at radius 3 is 2.38 bits per heavy atom. The summed E-state index contributed by atoms with van der Waals surface area (Å²) in [5, 5.41) is 19.8. The first-order chi connectivity index (χ1) is 19.1. The molecule has 12 heteroatoms. The molecule has 1 saturated carbocycles. The number of nitrogens with two attached hydrogens (primary N) is 2. The molecule has 0 bridgehead atoms. The Kier molecular flexibility index (Phi) is 11.4. The van der Waals surface area contributed by atoms with Crippen molar-refractivity contribution >= 4 is 29.8 Å². The van der Waals surface area contributed by atoms with Gasteiger partial charge in [-0.3, -0.25) is 9.59 Å². The maximum absolute atomic E-state index is 13.3. The Morgan fingerprint density at radius 2 is 1.73 bits per heavy atom. The second kappa shape index (κ2) is 14.8. The summed E-state index contributed by atoms with van der Waals surface area (Å²) in [5.41, 5.74) is 12.2. The number of fused-ring (bicyclic) bond motifs is 1. The van der Waals surface area contributed by atoms with Gasteiger partial charge in [-0.2, -0.15) is 0 Å². The van der Waals surface area contributed by atoms with Crippen LogP contribution >= 0.6 is 0 Å². The normalized spacial score (nSPS) is 21.6. The van der Waals surface area contributed by atoms with Crippen LogP contribution in [0, 0.1) is 5.92 Å². The van der Waals surface area contributed by atoms with Gasteiger partial charge < -0.3 is 31.3 Å². The summed E-state index contributed by atoms with van der Waals surface area (Å²) in [4.78, 5) is 66.0. The molecule has 2 fully saturated rings. The number of carboxylic acid groups (broad SMARTS) is 2. The van der Waals surface area contributed by atoms with Crippen molar-refractivity contribution in [3.63, 3.8) is 0 Å². The molecule has 3 unspecified atom stereocenters. The molecule has 1 saturated heterocycles. The molecule has 40 heavy (non-hydrogen) atoms. The van der Waals surface area contributed by atoms with Crippen LogP contribution in [0.25, 0.3) is 0 Å². The average molecular weight is 561 g/mol. The molecular weight excluding hydrogens is 520 g/mol. The van der Waals surface area contributed by atoms with Crippen LogP contribution in [0.15, 0.2) is 30.3 Å². The number of imide groups is 1.